The minimum atomic E-state index is -1.44. The van der Waals surface area contributed by atoms with E-state index in [1.54, 1.807) is 0 Å². The quantitative estimate of drug-likeness (QED) is 0.556. The molecule has 15 heavy (non-hydrogen) atoms. The third kappa shape index (κ3) is 5.33. The van der Waals surface area contributed by atoms with Crippen molar-refractivity contribution in [2.24, 2.45) is 0 Å². The molecular formula is C13H26OSi. The van der Waals surface area contributed by atoms with Gasteiger partial charge >= 0.3 is 0 Å². The molecule has 0 saturated heterocycles. The Morgan fingerprint density at radius 3 is 2.13 bits per heavy atom. The van der Waals surface area contributed by atoms with Crippen molar-refractivity contribution in [3.8, 4) is 0 Å². The van der Waals surface area contributed by atoms with Crippen LogP contribution in [0.3, 0.4) is 0 Å². The summed E-state index contributed by atoms with van der Waals surface area (Å²) in [5, 5.41) is 11.4. The van der Waals surface area contributed by atoms with Crippen molar-refractivity contribution in [3.63, 3.8) is 0 Å². The summed E-state index contributed by atoms with van der Waals surface area (Å²) < 4.78 is 0. The lowest BCUT2D eigenvalue weighted by Gasteiger charge is -2.33. The molecule has 0 bridgehead atoms. The van der Waals surface area contributed by atoms with Gasteiger partial charge in [0.15, 0.2) is 0 Å². The summed E-state index contributed by atoms with van der Waals surface area (Å²) in [5.74, 6) is 0. The summed E-state index contributed by atoms with van der Waals surface area (Å²) in [5.41, 5.74) is 0.612. The van der Waals surface area contributed by atoms with E-state index in [1.807, 2.05) is 6.92 Å². The van der Waals surface area contributed by atoms with Crippen molar-refractivity contribution < 1.29 is 5.11 Å². The number of rotatable bonds is 5. The van der Waals surface area contributed by atoms with E-state index < -0.39 is 13.7 Å². The van der Waals surface area contributed by atoms with Gasteiger partial charge in [0.2, 0.25) is 0 Å². The minimum Gasteiger partial charge on any atom is -0.386 e. The first kappa shape index (κ1) is 14.7. The Bertz CT molecular complexity index is 252. The van der Waals surface area contributed by atoms with Crippen molar-refractivity contribution in [1.29, 1.82) is 0 Å². The summed E-state index contributed by atoms with van der Waals surface area (Å²) in [6, 6.07) is 0. The summed E-state index contributed by atoms with van der Waals surface area (Å²) in [4.78, 5) is 0. The summed E-state index contributed by atoms with van der Waals surface area (Å²) in [6.45, 7) is 16.8. The lowest BCUT2D eigenvalue weighted by atomic mass is 9.99. The molecule has 0 rings (SSSR count). The zero-order valence-electron chi connectivity index (χ0n) is 11.1. The molecule has 2 heteroatoms. The second-order valence-corrected chi connectivity index (χ2v) is 10.9. The Balaban J connectivity index is 4.43. The van der Waals surface area contributed by atoms with E-state index in [4.69, 9.17) is 0 Å². The predicted molar refractivity (Wildman–Crippen MR) is 71.8 cm³/mol. The standard InChI is InChI=1S/C13H26OSi/c1-11(2)9-8-10-13(4,14)12(3)15(5,6)7/h9,14H,3,8,10H2,1-2,4-7H3. The highest BCUT2D eigenvalue weighted by Crippen LogP contribution is 2.28. The predicted octanol–water partition coefficient (Wildman–Crippen LogP) is 3.92. The third-order valence-electron chi connectivity index (χ3n) is 2.74. The van der Waals surface area contributed by atoms with Gasteiger partial charge in [0.25, 0.3) is 0 Å². The zero-order chi connectivity index (χ0) is 12.3. The molecular weight excluding hydrogens is 200 g/mol. The highest BCUT2D eigenvalue weighted by atomic mass is 28.3. The average Bonchev–Trinajstić information content (AvgIpc) is 2.00. The van der Waals surface area contributed by atoms with E-state index in [9.17, 15) is 5.11 Å². The van der Waals surface area contributed by atoms with E-state index in [2.05, 4.69) is 46.1 Å². The molecule has 0 radical (unpaired) electrons. The van der Waals surface area contributed by atoms with Gasteiger partial charge in [0.05, 0.1) is 13.7 Å². The molecule has 0 aliphatic rings. The first-order chi connectivity index (χ1) is 6.57. The van der Waals surface area contributed by atoms with E-state index >= 15 is 0 Å². The van der Waals surface area contributed by atoms with Crippen molar-refractivity contribution in [3.05, 3.63) is 23.4 Å². The average molecular weight is 226 g/mol. The maximum Gasteiger partial charge on any atom is 0.0794 e. The largest absolute Gasteiger partial charge is 0.386 e. The lowest BCUT2D eigenvalue weighted by Crippen LogP contribution is -2.39. The van der Waals surface area contributed by atoms with Crippen LogP contribution in [0.4, 0.5) is 0 Å². The van der Waals surface area contributed by atoms with Crippen LogP contribution in [0.25, 0.3) is 0 Å². The molecule has 0 aliphatic carbocycles. The van der Waals surface area contributed by atoms with Crippen LogP contribution in [-0.4, -0.2) is 18.8 Å². The van der Waals surface area contributed by atoms with Crippen LogP contribution in [0, 0.1) is 0 Å². The molecule has 1 nitrogen and oxygen atoms in total. The van der Waals surface area contributed by atoms with Crippen LogP contribution < -0.4 is 0 Å². The van der Waals surface area contributed by atoms with Gasteiger partial charge in [-0.25, -0.2) is 0 Å². The molecule has 0 aromatic carbocycles. The van der Waals surface area contributed by atoms with Crippen LogP contribution >= 0.6 is 0 Å². The summed E-state index contributed by atoms with van der Waals surface area (Å²) >= 11 is 0. The number of aliphatic hydroxyl groups is 1. The monoisotopic (exact) mass is 226 g/mol. The molecule has 1 atom stereocenters. The van der Waals surface area contributed by atoms with Crippen LogP contribution in [0.1, 0.15) is 33.6 Å². The Morgan fingerprint density at radius 1 is 1.33 bits per heavy atom. The van der Waals surface area contributed by atoms with E-state index in [-0.39, 0.29) is 0 Å². The topological polar surface area (TPSA) is 20.2 Å². The van der Waals surface area contributed by atoms with Gasteiger partial charge in [-0.2, -0.15) is 0 Å². The molecule has 0 aromatic heterocycles. The van der Waals surface area contributed by atoms with E-state index in [1.165, 1.54) is 5.57 Å². The van der Waals surface area contributed by atoms with E-state index in [0.29, 0.717) is 0 Å². The Hall–Kier alpha value is -0.343. The molecule has 0 aliphatic heterocycles. The van der Waals surface area contributed by atoms with Crippen molar-refractivity contribution in [2.75, 3.05) is 0 Å². The second-order valence-electron chi connectivity index (χ2n) is 5.82. The van der Waals surface area contributed by atoms with Crippen LogP contribution in [0.15, 0.2) is 23.4 Å². The van der Waals surface area contributed by atoms with Crippen molar-refractivity contribution in [2.45, 2.75) is 58.9 Å². The van der Waals surface area contributed by atoms with Gasteiger partial charge in [-0.05, 0) is 33.6 Å². The number of hydrogen-bond donors (Lipinski definition) is 1. The van der Waals surface area contributed by atoms with Gasteiger partial charge in [-0.3, -0.25) is 0 Å². The van der Waals surface area contributed by atoms with Gasteiger partial charge in [0, 0.05) is 0 Å². The molecule has 0 spiro atoms. The van der Waals surface area contributed by atoms with Crippen molar-refractivity contribution >= 4 is 8.07 Å². The normalized spacial score (nSPS) is 15.7. The number of hydrogen-bond acceptors (Lipinski definition) is 1. The maximum absolute atomic E-state index is 10.3. The molecule has 0 saturated carbocycles. The first-order valence-electron chi connectivity index (χ1n) is 5.63. The molecule has 0 amide bonds. The Morgan fingerprint density at radius 2 is 1.80 bits per heavy atom. The molecule has 1 unspecified atom stereocenters. The maximum atomic E-state index is 10.3. The summed E-state index contributed by atoms with van der Waals surface area (Å²) in [7, 11) is -1.44. The van der Waals surface area contributed by atoms with Crippen LogP contribution in [0.5, 0.6) is 0 Å². The molecule has 0 heterocycles. The van der Waals surface area contributed by atoms with E-state index in [0.717, 1.165) is 18.0 Å². The van der Waals surface area contributed by atoms with Gasteiger partial charge < -0.3 is 5.11 Å². The fourth-order valence-electron chi connectivity index (χ4n) is 1.60. The van der Waals surface area contributed by atoms with Crippen LogP contribution in [0.2, 0.25) is 19.6 Å². The smallest absolute Gasteiger partial charge is 0.0794 e. The summed E-state index contributed by atoms with van der Waals surface area (Å²) in [6.07, 6.45) is 3.88. The SMILES string of the molecule is C=C(C(C)(O)CCC=C(C)C)[Si](C)(C)C. The Labute approximate surface area is 95.9 Å². The fourth-order valence-corrected chi connectivity index (χ4v) is 3.34. The van der Waals surface area contributed by atoms with Crippen molar-refractivity contribution in [1.82, 2.24) is 0 Å². The zero-order valence-corrected chi connectivity index (χ0v) is 12.1. The van der Waals surface area contributed by atoms with Gasteiger partial charge in [0.1, 0.15) is 0 Å². The van der Waals surface area contributed by atoms with Gasteiger partial charge in [-0.1, -0.05) is 36.5 Å². The first-order valence-corrected chi connectivity index (χ1v) is 9.13. The Kier molecular flexibility index (Phi) is 5.01. The molecule has 1 N–H and O–H groups in total. The molecule has 0 fully saturated rings. The third-order valence-corrected chi connectivity index (χ3v) is 5.09. The van der Waals surface area contributed by atoms with Crippen LogP contribution in [-0.2, 0) is 0 Å². The highest BCUT2D eigenvalue weighted by molar-refractivity contribution is 6.83. The fraction of sp³-hybridized carbons (Fsp3) is 0.692. The van der Waals surface area contributed by atoms with Gasteiger partial charge in [-0.15, -0.1) is 6.58 Å². The number of allylic oxidation sites excluding steroid dienone is 2. The highest BCUT2D eigenvalue weighted by Gasteiger charge is 2.32. The molecule has 0 aromatic rings. The second kappa shape index (κ2) is 5.13. The minimum absolute atomic E-state index is 0.698. The molecule has 88 valence electrons. The lowest BCUT2D eigenvalue weighted by molar-refractivity contribution is 0.0970.